The first-order valence-corrected chi connectivity index (χ1v) is 8.65. The first kappa shape index (κ1) is 20.3. The van der Waals surface area contributed by atoms with E-state index < -0.39 is 17.8 Å². The van der Waals surface area contributed by atoms with Gasteiger partial charge in [-0.05, 0) is 49.2 Å². The fourth-order valence-corrected chi connectivity index (χ4v) is 2.33. The highest BCUT2D eigenvalue weighted by Gasteiger charge is 2.12. The zero-order valence-corrected chi connectivity index (χ0v) is 15.2. The Balaban J connectivity index is 1.90. The first-order chi connectivity index (χ1) is 13.0. The summed E-state index contributed by atoms with van der Waals surface area (Å²) in [5.41, 5.74) is 1.61. The number of rotatable bonds is 9. The van der Waals surface area contributed by atoms with Gasteiger partial charge in [-0.15, -0.1) is 6.58 Å². The van der Waals surface area contributed by atoms with Crippen LogP contribution in [-0.2, 0) is 16.1 Å². The molecule has 5 nitrogen and oxygen atoms in total. The number of benzene rings is 2. The van der Waals surface area contributed by atoms with Crippen LogP contribution in [0.4, 0.5) is 10.1 Å². The van der Waals surface area contributed by atoms with Crippen molar-refractivity contribution in [2.45, 2.75) is 26.0 Å². The molecule has 1 unspecified atom stereocenters. The van der Waals surface area contributed by atoms with E-state index in [1.165, 1.54) is 24.3 Å². The predicted molar refractivity (Wildman–Crippen MR) is 103 cm³/mol. The summed E-state index contributed by atoms with van der Waals surface area (Å²) < 4.78 is 18.6. The third-order valence-electron chi connectivity index (χ3n) is 3.80. The van der Waals surface area contributed by atoms with E-state index in [2.05, 4.69) is 17.2 Å². The number of hydrogen-bond donors (Lipinski definition) is 2. The fraction of sp³-hybridized carbons (Fsp3) is 0.238. The van der Waals surface area contributed by atoms with Gasteiger partial charge in [-0.3, -0.25) is 9.59 Å². The van der Waals surface area contributed by atoms with Crippen LogP contribution in [0.3, 0.4) is 0 Å². The molecule has 2 amide bonds. The summed E-state index contributed by atoms with van der Waals surface area (Å²) >= 11 is 0. The predicted octanol–water partition coefficient (Wildman–Crippen LogP) is 3.68. The van der Waals surface area contributed by atoms with E-state index in [1.807, 2.05) is 6.07 Å². The molecule has 0 fully saturated rings. The zero-order valence-electron chi connectivity index (χ0n) is 15.2. The van der Waals surface area contributed by atoms with Crippen molar-refractivity contribution < 1.29 is 18.7 Å². The maximum absolute atomic E-state index is 13.2. The average molecular weight is 370 g/mol. The van der Waals surface area contributed by atoms with Crippen molar-refractivity contribution in [1.82, 2.24) is 5.32 Å². The third-order valence-corrected chi connectivity index (χ3v) is 3.80. The Morgan fingerprint density at radius 1 is 1.22 bits per heavy atom. The van der Waals surface area contributed by atoms with Crippen LogP contribution < -0.4 is 10.6 Å². The number of carbonyl (C=O) groups excluding carboxylic acids is 2. The van der Waals surface area contributed by atoms with E-state index in [4.69, 9.17) is 4.74 Å². The van der Waals surface area contributed by atoms with Gasteiger partial charge in [0, 0.05) is 17.8 Å². The molecule has 142 valence electrons. The molecule has 2 N–H and O–H groups in total. The van der Waals surface area contributed by atoms with Crippen LogP contribution in [0.15, 0.2) is 61.2 Å². The molecule has 0 bridgehead atoms. The SMILES string of the molecule is C=CCCOC(C)C(=O)NCc1cccc(NC(=O)c2cccc(F)c2)c1. The minimum Gasteiger partial charge on any atom is -0.368 e. The molecule has 0 saturated carbocycles. The van der Waals surface area contributed by atoms with Gasteiger partial charge in [0.25, 0.3) is 5.91 Å². The first-order valence-electron chi connectivity index (χ1n) is 8.65. The topological polar surface area (TPSA) is 67.4 Å². The molecule has 0 aliphatic carbocycles. The zero-order chi connectivity index (χ0) is 19.6. The minimum absolute atomic E-state index is 0.215. The lowest BCUT2D eigenvalue weighted by Crippen LogP contribution is -2.34. The highest BCUT2D eigenvalue weighted by Crippen LogP contribution is 2.13. The molecular weight excluding hydrogens is 347 g/mol. The normalized spacial score (nSPS) is 11.5. The van der Waals surface area contributed by atoms with Gasteiger partial charge in [0.05, 0.1) is 6.61 Å². The van der Waals surface area contributed by atoms with Crippen molar-refractivity contribution >= 4 is 17.5 Å². The molecule has 0 aliphatic rings. The van der Waals surface area contributed by atoms with Gasteiger partial charge in [0.15, 0.2) is 0 Å². The Kier molecular flexibility index (Phi) is 7.70. The number of ether oxygens (including phenoxy) is 1. The Morgan fingerprint density at radius 3 is 2.74 bits per heavy atom. The van der Waals surface area contributed by atoms with Crippen molar-refractivity contribution in [2.75, 3.05) is 11.9 Å². The summed E-state index contributed by atoms with van der Waals surface area (Å²) in [5, 5.41) is 5.51. The molecule has 1 atom stereocenters. The van der Waals surface area contributed by atoms with E-state index in [0.29, 0.717) is 25.3 Å². The van der Waals surface area contributed by atoms with Gasteiger partial charge in [-0.25, -0.2) is 4.39 Å². The maximum atomic E-state index is 13.2. The van der Waals surface area contributed by atoms with Crippen LogP contribution in [0.25, 0.3) is 0 Å². The Hall–Kier alpha value is -2.99. The number of carbonyl (C=O) groups is 2. The van der Waals surface area contributed by atoms with Gasteiger partial charge in [0.1, 0.15) is 11.9 Å². The van der Waals surface area contributed by atoms with E-state index >= 15 is 0 Å². The van der Waals surface area contributed by atoms with Gasteiger partial charge >= 0.3 is 0 Å². The molecule has 0 radical (unpaired) electrons. The fourth-order valence-electron chi connectivity index (χ4n) is 2.33. The molecule has 0 aromatic heterocycles. The summed E-state index contributed by atoms with van der Waals surface area (Å²) in [6.07, 6.45) is 1.86. The largest absolute Gasteiger partial charge is 0.368 e. The molecule has 0 spiro atoms. The van der Waals surface area contributed by atoms with Crippen LogP contribution in [0.2, 0.25) is 0 Å². The third kappa shape index (κ3) is 6.67. The molecule has 0 saturated heterocycles. The van der Waals surface area contributed by atoms with Crippen molar-refractivity contribution in [3.63, 3.8) is 0 Å². The van der Waals surface area contributed by atoms with Crippen molar-refractivity contribution in [3.8, 4) is 0 Å². The number of nitrogens with one attached hydrogen (secondary N) is 2. The number of amides is 2. The molecule has 27 heavy (non-hydrogen) atoms. The second-order valence-electron chi connectivity index (χ2n) is 5.97. The van der Waals surface area contributed by atoms with E-state index in [9.17, 15) is 14.0 Å². The summed E-state index contributed by atoms with van der Waals surface area (Å²) in [6.45, 7) is 6.04. The lowest BCUT2D eigenvalue weighted by molar-refractivity contribution is -0.131. The van der Waals surface area contributed by atoms with Gasteiger partial charge in [-0.1, -0.05) is 24.3 Å². The van der Waals surface area contributed by atoms with Gasteiger partial charge < -0.3 is 15.4 Å². The average Bonchev–Trinajstić information content (AvgIpc) is 2.66. The van der Waals surface area contributed by atoms with Crippen LogP contribution >= 0.6 is 0 Å². The summed E-state index contributed by atoms with van der Waals surface area (Å²) in [5.74, 6) is -1.09. The Bertz CT molecular complexity index is 808. The molecule has 6 heteroatoms. The van der Waals surface area contributed by atoms with Crippen LogP contribution in [0, 0.1) is 5.82 Å². The lowest BCUT2D eigenvalue weighted by atomic mass is 10.1. The number of anilines is 1. The second kappa shape index (κ2) is 10.2. The highest BCUT2D eigenvalue weighted by atomic mass is 19.1. The Labute approximate surface area is 158 Å². The van der Waals surface area contributed by atoms with Gasteiger partial charge in [0.2, 0.25) is 5.91 Å². The van der Waals surface area contributed by atoms with Crippen molar-refractivity contribution in [3.05, 3.63) is 78.1 Å². The maximum Gasteiger partial charge on any atom is 0.255 e. The molecule has 0 aliphatic heterocycles. The monoisotopic (exact) mass is 370 g/mol. The van der Waals surface area contributed by atoms with Crippen molar-refractivity contribution in [1.29, 1.82) is 0 Å². The summed E-state index contributed by atoms with van der Waals surface area (Å²) in [4.78, 5) is 24.2. The van der Waals surface area contributed by atoms with E-state index in [-0.39, 0.29) is 11.5 Å². The van der Waals surface area contributed by atoms with E-state index in [0.717, 1.165) is 5.56 Å². The number of halogens is 1. The molecule has 2 aromatic rings. The van der Waals surface area contributed by atoms with Crippen LogP contribution in [0.1, 0.15) is 29.3 Å². The molecule has 2 rings (SSSR count). The van der Waals surface area contributed by atoms with Crippen LogP contribution in [-0.4, -0.2) is 24.5 Å². The van der Waals surface area contributed by atoms with E-state index in [1.54, 1.807) is 31.2 Å². The van der Waals surface area contributed by atoms with Crippen molar-refractivity contribution in [2.24, 2.45) is 0 Å². The second-order valence-corrected chi connectivity index (χ2v) is 5.97. The minimum atomic E-state index is -0.555. The standard InChI is InChI=1S/C21H23FN2O3/c1-3-4-11-27-15(2)20(25)23-14-16-7-5-10-19(12-16)24-21(26)17-8-6-9-18(22)13-17/h3,5-10,12-13,15H,1,4,11,14H2,2H3,(H,23,25)(H,24,26). The summed E-state index contributed by atoms with van der Waals surface area (Å²) in [6, 6.07) is 12.6. The van der Waals surface area contributed by atoms with Crippen LogP contribution in [0.5, 0.6) is 0 Å². The van der Waals surface area contributed by atoms with Gasteiger partial charge in [-0.2, -0.15) is 0 Å². The molecule has 0 heterocycles. The number of hydrogen-bond acceptors (Lipinski definition) is 3. The smallest absolute Gasteiger partial charge is 0.255 e. The lowest BCUT2D eigenvalue weighted by Gasteiger charge is -2.13. The Morgan fingerprint density at radius 2 is 2.00 bits per heavy atom. The summed E-state index contributed by atoms with van der Waals surface area (Å²) in [7, 11) is 0. The highest BCUT2D eigenvalue weighted by molar-refractivity contribution is 6.04. The molecular formula is C21H23FN2O3. The molecule has 2 aromatic carbocycles. The quantitative estimate of drug-likeness (QED) is 0.523.